The number of thioether (sulfide) groups is 1. The predicted molar refractivity (Wildman–Crippen MR) is 72.2 cm³/mol. The van der Waals surface area contributed by atoms with E-state index in [9.17, 15) is 9.18 Å². The molecule has 0 saturated heterocycles. The van der Waals surface area contributed by atoms with E-state index in [1.165, 1.54) is 30.1 Å². The van der Waals surface area contributed by atoms with Gasteiger partial charge in [-0.1, -0.05) is 11.6 Å². The number of aromatic nitrogens is 1. The molecule has 0 aliphatic rings. The number of hydrogen-bond acceptors (Lipinski definition) is 3. The van der Waals surface area contributed by atoms with Crippen molar-refractivity contribution in [1.29, 1.82) is 0 Å². The molecule has 0 aliphatic carbocycles. The maximum atomic E-state index is 13.0. The van der Waals surface area contributed by atoms with Gasteiger partial charge in [-0.05, 0) is 30.3 Å². The van der Waals surface area contributed by atoms with Gasteiger partial charge in [-0.15, -0.1) is 11.8 Å². The Morgan fingerprint density at radius 3 is 2.74 bits per heavy atom. The number of nitrogens with zero attached hydrogens (tertiary/aromatic N) is 1. The van der Waals surface area contributed by atoms with Crippen LogP contribution in [0.25, 0.3) is 0 Å². The van der Waals surface area contributed by atoms with Gasteiger partial charge in [0.25, 0.3) is 0 Å². The fourth-order valence-electron chi connectivity index (χ4n) is 1.36. The van der Waals surface area contributed by atoms with Crippen LogP contribution in [0.5, 0.6) is 0 Å². The molecule has 1 heterocycles. The number of pyridine rings is 1. The van der Waals surface area contributed by atoms with E-state index < -0.39 is 11.8 Å². The molecule has 0 unspecified atom stereocenters. The van der Waals surface area contributed by atoms with Gasteiger partial charge < -0.3 is 5.11 Å². The molecular formula is C13H9ClFNO2S. The maximum Gasteiger partial charge on any atom is 0.337 e. The molecule has 3 nitrogen and oxygen atoms in total. The lowest BCUT2D eigenvalue weighted by molar-refractivity contribution is 0.0696. The van der Waals surface area contributed by atoms with Gasteiger partial charge >= 0.3 is 5.97 Å². The van der Waals surface area contributed by atoms with E-state index in [4.69, 9.17) is 16.7 Å². The van der Waals surface area contributed by atoms with E-state index in [0.717, 1.165) is 10.6 Å². The van der Waals surface area contributed by atoms with Gasteiger partial charge in [-0.3, -0.25) is 4.98 Å². The third-order valence-electron chi connectivity index (χ3n) is 2.35. The Hall–Kier alpha value is -1.59. The fourth-order valence-corrected chi connectivity index (χ4v) is 2.46. The van der Waals surface area contributed by atoms with Crippen molar-refractivity contribution in [2.24, 2.45) is 0 Å². The van der Waals surface area contributed by atoms with Crippen LogP contribution in [0.15, 0.2) is 41.4 Å². The van der Waals surface area contributed by atoms with Crippen LogP contribution in [0.3, 0.4) is 0 Å². The molecule has 1 N–H and O–H groups in total. The third kappa shape index (κ3) is 3.68. The number of aromatic carboxylic acids is 1. The Bertz CT molecular complexity index is 604. The smallest absolute Gasteiger partial charge is 0.337 e. The van der Waals surface area contributed by atoms with Crippen LogP contribution in [-0.2, 0) is 5.75 Å². The van der Waals surface area contributed by atoms with E-state index in [2.05, 4.69) is 4.98 Å². The average Bonchev–Trinajstić information content (AvgIpc) is 2.40. The highest BCUT2D eigenvalue weighted by Gasteiger charge is 2.05. The molecule has 98 valence electrons. The fraction of sp³-hybridized carbons (Fsp3) is 0.0769. The molecular weight excluding hydrogens is 289 g/mol. The van der Waals surface area contributed by atoms with Crippen molar-refractivity contribution >= 4 is 29.3 Å². The van der Waals surface area contributed by atoms with Crippen molar-refractivity contribution in [2.45, 2.75) is 10.6 Å². The minimum absolute atomic E-state index is 0.0826. The predicted octanol–water partition coefficient (Wildman–Crippen LogP) is 3.86. The molecule has 1 aromatic heterocycles. The van der Waals surface area contributed by atoms with Crippen molar-refractivity contribution in [2.75, 3.05) is 0 Å². The van der Waals surface area contributed by atoms with Gasteiger partial charge in [0.15, 0.2) is 0 Å². The van der Waals surface area contributed by atoms with Gasteiger partial charge in [-0.25, -0.2) is 9.18 Å². The topological polar surface area (TPSA) is 50.2 Å². The number of carbonyl (C=O) groups is 1. The summed E-state index contributed by atoms with van der Waals surface area (Å²) >= 11 is 7.13. The van der Waals surface area contributed by atoms with Crippen LogP contribution in [0.4, 0.5) is 4.39 Å². The normalized spacial score (nSPS) is 10.4. The summed E-state index contributed by atoms with van der Waals surface area (Å²) in [6.45, 7) is 0. The molecule has 0 radical (unpaired) electrons. The highest BCUT2D eigenvalue weighted by molar-refractivity contribution is 7.98. The molecule has 0 aliphatic heterocycles. The Morgan fingerprint density at radius 2 is 2.16 bits per heavy atom. The highest BCUT2D eigenvalue weighted by atomic mass is 35.5. The van der Waals surface area contributed by atoms with Crippen LogP contribution in [-0.4, -0.2) is 16.1 Å². The summed E-state index contributed by atoms with van der Waals surface area (Å²) in [5.41, 5.74) is 0.897. The summed E-state index contributed by atoms with van der Waals surface area (Å²) in [5, 5.41) is 8.83. The third-order valence-corrected chi connectivity index (χ3v) is 3.67. The first-order valence-electron chi connectivity index (χ1n) is 5.32. The van der Waals surface area contributed by atoms with Crippen molar-refractivity contribution in [3.63, 3.8) is 0 Å². The number of halogens is 2. The van der Waals surface area contributed by atoms with E-state index >= 15 is 0 Å². The first-order valence-corrected chi connectivity index (χ1v) is 6.68. The number of carboxylic acids is 1. The van der Waals surface area contributed by atoms with Crippen LogP contribution in [0.1, 0.15) is 16.1 Å². The summed E-state index contributed by atoms with van der Waals surface area (Å²) in [6.07, 6.45) is 1.32. The number of benzene rings is 1. The molecule has 0 bridgehead atoms. The summed E-state index contributed by atoms with van der Waals surface area (Å²) in [6, 6.07) is 7.65. The van der Waals surface area contributed by atoms with Crippen LogP contribution >= 0.6 is 23.4 Å². The Morgan fingerprint density at radius 1 is 1.37 bits per heavy atom. The zero-order chi connectivity index (χ0) is 13.8. The van der Waals surface area contributed by atoms with Gasteiger partial charge in [0, 0.05) is 16.8 Å². The zero-order valence-electron chi connectivity index (χ0n) is 9.64. The molecule has 0 spiro atoms. The molecule has 19 heavy (non-hydrogen) atoms. The average molecular weight is 298 g/mol. The summed E-state index contributed by atoms with van der Waals surface area (Å²) in [5.74, 6) is -0.894. The molecule has 0 atom stereocenters. The first-order chi connectivity index (χ1) is 9.06. The monoisotopic (exact) mass is 297 g/mol. The molecule has 0 saturated carbocycles. The lowest BCUT2D eigenvalue weighted by Gasteiger charge is -2.03. The van der Waals surface area contributed by atoms with Gasteiger partial charge in [0.1, 0.15) is 5.82 Å². The molecule has 0 fully saturated rings. The Balaban J connectivity index is 2.01. The molecule has 2 rings (SSSR count). The number of carboxylic acid groups (broad SMARTS) is 1. The van der Waals surface area contributed by atoms with E-state index in [1.54, 1.807) is 18.2 Å². The van der Waals surface area contributed by atoms with Crippen molar-refractivity contribution in [3.8, 4) is 0 Å². The molecule has 6 heteroatoms. The van der Waals surface area contributed by atoms with Crippen molar-refractivity contribution in [1.82, 2.24) is 4.98 Å². The SMILES string of the molecule is O=C(O)c1ccc(CSc2ccc(F)c(Cl)c2)nc1. The van der Waals surface area contributed by atoms with E-state index in [-0.39, 0.29) is 10.6 Å². The number of rotatable bonds is 4. The quantitative estimate of drug-likeness (QED) is 0.871. The maximum absolute atomic E-state index is 13.0. The van der Waals surface area contributed by atoms with Gasteiger partial charge in [0.2, 0.25) is 0 Å². The van der Waals surface area contributed by atoms with E-state index in [0.29, 0.717) is 5.75 Å². The molecule has 0 amide bonds. The number of hydrogen-bond donors (Lipinski definition) is 1. The molecule has 1 aromatic carbocycles. The highest BCUT2D eigenvalue weighted by Crippen LogP contribution is 2.26. The molecule has 2 aromatic rings. The second-order valence-corrected chi connectivity index (χ2v) is 5.16. The van der Waals surface area contributed by atoms with Gasteiger partial charge in [0.05, 0.1) is 16.3 Å². The lowest BCUT2D eigenvalue weighted by atomic mass is 10.2. The second kappa shape index (κ2) is 6.04. The Labute approximate surface area is 118 Å². The van der Waals surface area contributed by atoms with Crippen LogP contribution < -0.4 is 0 Å². The van der Waals surface area contributed by atoms with Crippen molar-refractivity contribution in [3.05, 3.63) is 58.6 Å². The summed E-state index contributed by atoms with van der Waals surface area (Å²) in [4.78, 5) is 15.5. The summed E-state index contributed by atoms with van der Waals surface area (Å²) < 4.78 is 13.0. The van der Waals surface area contributed by atoms with Crippen LogP contribution in [0.2, 0.25) is 5.02 Å². The zero-order valence-corrected chi connectivity index (χ0v) is 11.2. The first kappa shape index (κ1) is 13.8. The van der Waals surface area contributed by atoms with Gasteiger partial charge in [-0.2, -0.15) is 0 Å². The van der Waals surface area contributed by atoms with E-state index in [1.807, 2.05) is 0 Å². The van der Waals surface area contributed by atoms with Crippen molar-refractivity contribution < 1.29 is 14.3 Å². The van der Waals surface area contributed by atoms with Crippen LogP contribution in [0, 0.1) is 5.82 Å². The largest absolute Gasteiger partial charge is 0.478 e. The standard InChI is InChI=1S/C13H9ClFNO2S/c14-11-5-10(3-4-12(11)15)19-7-9-2-1-8(6-16-9)13(17)18/h1-6H,7H2,(H,17,18). The Kier molecular flexibility index (Phi) is 4.39. The second-order valence-electron chi connectivity index (χ2n) is 3.71. The minimum Gasteiger partial charge on any atom is -0.478 e. The lowest BCUT2D eigenvalue weighted by Crippen LogP contribution is -1.98. The summed E-state index contributed by atoms with van der Waals surface area (Å²) in [7, 11) is 0. The minimum atomic E-state index is -1.00.